The SMILES string of the molecule is CCC(C)C1CC(O)CCC1CC.CCC(C)C1CCC(CC)C(O)C1.CCC(C)C1CCC(O)C(CC)C1.CCC(C)C1CCCC(CC)C1O.CCC(C)C1CCCC(O)C1CC.CCC1C(O)CCCC1C(C)(C)C.CCC1CC(C(C)(C)C)CCC1O.CCC1CCC(O)C(C(C)CC)C1.CCC1CCC(O)CC1CC(C)C. The van der Waals surface area contributed by atoms with E-state index in [1.807, 2.05) is 0 Å². The van der Waals surface area contributed by atoms with Crippen molar-refractivity contribution in [3.63, 3.8) is 0 Å². The molecule has 9 heteroatoms. The molecular formula is C108H216O9. The Hall–Kier alpha value is -0.360. The van der Waals surface area contributed by atoms with Crippen LogP contribution in [0.15, 0.2) is 0 Å². The summed E-state index contributed by atoms with van der Waals surface area (Å²) in [5.41, 5.74) is 0.787. The van der Waals surface area contributed by atoms with Gasteiger partial charge >= 0.3 is 0 Å². The Morgan fingerprint density at radius 1 is 0.256 bits per heavy atom. The molecule has 9 fully saturated rings. The molecule has 9 rings (SSSR count). The van der Waals surface area contributed by atoms with Crippen LogP contribution in [-0.4, -0.2) is 101 Å². The summed E-state index contributed by atoms with van der Waals surface area (Å²) in [4.78, 5) is 0. The zero-order valence-electron chi connectivity index (χ0n) is 84.1. The van der Waals surface area contributed by atoms with Gasteiger partial charge < -0.3 is 46.0 Å². The van der Waals surface area contributed by atoms with E-state index >= 15 is 0 Å². The Balaban J connectivity index is 0.000000658. The summed E-state index contributed by atoms with van der Waals surface area (Å²) >= 11 is 0. The maximum Gasteiger partial charge on any atom is 0.0598 e. The largest absolute Gasteiger partial charge is 0.393 e. The van der Waals surface area contributed by atoms with Crippen LogP contribution in [0.4, 0.5) is 0 Å². The van der Waals surface area contributed by atoms with Crippen LogP contribution in [0.3, 0.4) is 0 Å². The van der Waals surface area contributed by atoms with Gasteiger partial charge in [0.05, 0.1) is 54.9 Å². The second kappa shape index (κ2) is 61.9. The second-order valence-electron chi connectivity index (χ2n) is 44.2. The monoisotopic (exact) mass is 1660 g/mol. The van der Waals surface area contributed by atoms with E-state index in [1.165, 1.54) is 173 Å². The summed E-state index contributed by atoms with van der Waals surface area (Å²) in [6.07, 6.45) is 51.1. The van der Waals surface area contributed by atoms with Crippen molar-refractivity contribution in [1.82, 2.24) is 0 Å². The predicted octanol–water partition coefficient (Wildman–Crippen LogP) is 29.0. The summed E-state index contributed by atoms with van der Waals surface area (Å²) in [6, 6.07) is 0. The van der Waals surface area contributed by atoms with Gasteiger partial charge in [-0.15, -0.1) is 0 Å². The Kier molecular flexibility index (Phi) is 60.7. The van der Waals surface area contributed by atoms with E-state index in [2.05, 4.69) is 201 Å². The second-order valence-corrected chi connectivity index (χ2v) is 44.2. The molecule has 9 aliphatic rings. The Bertz CT molecular complexity index is 2280. The molecule has 702 valence electrons. The van der Waals surface area contributed by atoms with Gasteiger partial charge in [0.25, 0.3) is 0 Å². The number of rotatable bonds is 23. The third kappa shape index (κ3) is 41.5. The van der Waals surface area contributed by atoms with Crippen molar-refractivity contribution in [2.45, 2.75) is 532 Å². The molecule has 33 atom stereocenters. The average Bonchev–Trinajstić information content (AvgIpc) is 0.822. The van der Waals surface area contributed by atoms with Gasteiger partial charge in [-0.3, -0.25) is 0 Å². The molecule has 9 nitrogen and oxygen atoms in total. The highest BCUT2D eigenvalue weighted by Gasteiger charge is 2.41. The zero-order valence-corrected chi connectivity index (χ0v) is 84.1. The number of hydrogen-bond acceptors (Lipinski definition) is 9. The van der Waals surface area contributed by atoms with E-state index in [0.717, 1.165) is 186 Å². The molecule has 0 aromatic rings. The van der Waals surface area contributed by atoms with Gasteiger partial charge in [-0.2, -0.15) is 0 Å². The fraction of sp³-hybridized carbons (Fsp3) is 1.00. The first-order chi connectivity index (χ1) is 55.2. The minimum Gasteiger partial charge on any atom is -0.393 e. The molecule has 9 aliphatic carbocycles. The summed E-state index contributed by atoms with van der Waals surface area (Å²) in [7, 11) is 0. The average molecular weight is 1660 g/mol. The maximum atomic E-state index is 10.1. The van der Waals surface area contributed by atoms with E-state index in [9.17, 15) is 46.0 Å². The molecule has 0 amide bonds. The zero-order chi connectivity index (χ0) is 89.0. The highest BCUT2D eigenvalue weighted by Crippen LogP contribution is 2.47. The van der Waals surface area contributed by atoms with Gasteiger partial charge in [0.2, 0.25) is 0 Å². The van der Waals surface area contributed by atoms with E-state index in [1.54, 1.807) is 0 Å². The standard InChI is InChI=1S/9C12H24O/c1-5-9-8-10(12(2,3)4)6-7-11(9)13;1-5-9-10(12(2,3)4)7-6-8-11(9)13;1-4-10-5-6-12(13)8-11(10)7-9(2)3;1-4-9(3)11-6-7-12(13)10(5-2)8-11;1-4-9(3)12-8-11(13)7-6-10(12)5-2;1-4-9(3)11-7-6-10(5-2)12(13)8-11;1-4-9(3)11-8-10(5-2)6-7-12(11)13;1-4-9(3)11-7-6-8-12(13)10(11)5-2;1-4-9(3)11-8-6-7-10(5-2)12(11)13/h2*9-11,13H,5-8H2,1-4H3;7*9-13H,4-8H2,1-3H3. The molecular weight excluding hydrogens is 1440 g/mol. The first-order valence-electron chi connectivity index (χ1n) is 52.3. The van der Waals surface area contributed by atoms with E-state index in [-0.39, 0.29) is 54.9 Å². The van der Waals surface area contributed by atoms with Crippen LogP contribution in [0.25, 0.3) is 0 Å². The van der Waals surface area contributed by atoms with Crippen molar-refractivity contribution in [3.05, 3.63) is 0 Å². The van der Waals surface area contributed by atoms with E-state index in [4.69, 9.17) is 0 Å². The van der Waals surface area contributed by atoms with Crippen molar-refractivity contribution in [3.8, 4) is 0 Å². The van der Waals surface area contributed by atoms with Crippen LogP contribution >= 0.6 is 0 Å². The quantitative estimate of drug-likeness (QED) is 0.0481. The van der Waals surface area contributed by atoms with Crippen molar-refractivity contribution >= 4 is 0 Å². The molecule has 0 spiro atoms. The predicted molar refractivity (Wildman–Crippen MR) is 509 cm³/mol. The van der Waals surface area contributed by atoms with E-state index in [0.29, 0.717) is 75.9 Å². The van der Waals surface area contributed by atoms with Crippen LogP contribution in [0, 0.1) is 159 Å². The number of aliphatic hydroxyl groups is 9. The minimum absolute atomic E-state index is 0.00782. The van der Waals surface area contributed by atoms with Crippen LogP contribution < -0.4 is 0 Å². The summed E-state index contributed by atoms with van der Waals surface area (Å²) < 4.78 is 0. The fourth-order valence-electron chi connectivity index (χ4n) is 24.1. The summed E-state index contributed by atoms with van der Waals surface area (Å²) in [5, 5.41) is 88.4. The maximum absolute atomic E-state index is 10.1. The van der Waals surface area contributed by atoms with Crippen molar-refractivity contribution in [2.75, 3.05) is 0 Å². The lowest BCUT2D eigenvalue weighted by atomic mass is 9.64. The molecule has 0 bridgehead atoms. The molecule has 0 aromatic carbocycles. The molecule has 9 saturated carbocycles. The van der Waals surface area contributed by atoms with Crippen molar-refractivity contribution in [2.24, 2.45) is 159 Å². The van der Waals surface area contributed by atoms with Gasteiger partial charge in [0.1, 0.15) is 0 Å². The number of hydrogen-bond donors (Lipinski definition) is 9. The molecule has 0 aromatic heterocycles. The third-order valence-corrected chi connectivity index (χ3v) is 34.3. The van der Waals surface area contributed by atoms with Gasteiger partial charge in [-0.25, -0.2) is 0 Å². The van der Waals surface area contributed by atoms with Crippen LogP contribution in [-0.2, 0) is 0 Å². The molecule has 33 unspecified atom stereocenters. The Morgan fingerprint density at radius 2 is 0.675 bits per heavy atom. The lowest BCUT2D eigenvalue weighted by Gasteiger charge is -2.42. The van der Waals surface area contributed by atoms with Crippen LogP contribution in [0.2, 0.25) is 0 Å². The molecule has 0 radical (unpaired) electrons. The van der Waals surface area contributed by atoms with Gasteiger partial charge in [-0.05, 0) is 319 Å². The van der Waals surface area contributed by atoms with Crippen molar-refractivity contribution < 1.29 is 46.0 Å². The van der Waals surface area contributed by atoms with E-state index < -0.39 is 0 Å². The molecule has 9 N–H and O–H groups in total. The third-order valence-electron chi connectivity index (χ3n) is 34.3. The lowest BCUT2D eigenvalue weighted by molar-refractivity contribution is -0.0111. The molecule has 0 heterocycles. The Labute approximate surface area is 732 Å². The van der Waals surface area contributed by atoms with Crippen molar-refractivity contribution in [1.29, 1.82) is 0 Å². The molecule has 0 saturated heterocycles. The van der Waals surface area contributed by atoms with Crippen LogP contribution in [0.1, 0.15) is 477 Å². The van der Waals surface area contributed by atoms with Gasteiger partial charge in [-0.1, -0.05) is 316 Å². The molecule has 117 heavy (non-hydrogen) atoms. The topological polar surface area (TPSA) is 182 Å². The highest BCUT2D eigenvalue weighted by atomic mass is 16.3. The molecule has 0 aliphatic heterocycles. The first-order valence-corrected chi connectivity index (χ1v) is 52.3. The fourth-order valence-corrected chi connectivity index (χ4v) is 24.1. The lowest BCUT2D eigenvalue weighted by Crippen LogP contribution is -2.38. The smallest absolute Gasteiger partial charge is 0.0598 e. The van der Waals surface area contributed by atoms with Gasteiger partial charge in [0, 0.05) is 0 Å². The summed E-state index contributed by atoms with van der Waals surface area (Å²) in [5.74, 6) is 18.1. The summed E-state index contributed by atoms with van der Waals surface area (Å²) in [6.45, 7) is 65.9. The Morgan fingerprint density at radius 3 is 1.15 bits per heavy atom. The highest BCUT2D eigenvalue weighted by molar-refractivity contribution is 4.91. The number of aliphatic hydroxyl groups excluding tert-OH is 9. The minimum atomic E-state index is -0.0389. The first kappa shape index (κ1) is 115. The normalized spacial score (nSPS) is 36.9. The van der Waals surface area contributed by atoms with Crippen LogP contribution in [0.5, 0.6) is 0 Å². The van der Waals surface area contributed by atoms with Gasteiger partial charge in [0.15, 0.2) is 0 Å².